The SMILES string of the molecule is C/C(=C1/S/C(=N/c2nc(-c3ccccc3)cs2)N(C2CCCCC2)C1=O)c1ccc([N+](=O)[O-])cc1. The largest absolute Gasteiger partial charge is 0.283 e. The third kappa shape index (κ3) is 4.92. The minimum absolute atomic E-state index is 0.0287. The Morgan fingerprint density at radius 3 is 2.49 bits per heavy atom. The number of benzene rings is 2. The van der Waals surface area contributed by atoms with Gasteiger partial charge in [-0.3, -0.25) is 19.8 Å². The Kier molecular flexibility index (Phi) is 6.79. The summed E-state index contributed by atoms with van der Waals surface area (Å²) in [7, 11) is 0. The monoisotopic (exact) mass is 504 g/mol. The first-order valence-corrected chi connectivity index (χ1v) is 13.3. The number of carbonyl (C=O) groups is 1. The van der Waals surface area contributed by atoms with Crippen LogP contribution in [0, 0.1) is 10.1 Å². The smallest absolute Gasteiger partial charge is 0.269 e. The van der Waals surface area contributed by atoms with Gasteiger partial charge in [0.2, 0.25) is 5.13 Å². The minimum atomic E-state index is -0.422. The minimum Gasteiger partial charge on any atom is -0.283 e. The second-order valence-corrected chi connectivity index (χ2v) is 10.4. The number of carbonyl (C=O) groups excluding carboxylic acids is 1. The molecule has 1 aliphatic carbocycles. The Morgan fingerprint density at radius 1 is 1.09 bits per heavy atom. The lowest BCUT2D eigenvalue weighted by Crippen LogP contribution is -2.40. The maximum absolute atomic E-state index is 13.7. The van der Waals surface area contributed by atoms with E-state index in [1.54, 1.807) is 12.1 Å². The molecule has 0 bridgehead atoms. The molecule has 2 fully saturated rings. The van der Waals surface area contributed by atoms with Crippen LogP contribution >= 0.6 is 23.1 Å². The molecule has 0 radical (unpaired) electrons. The highest BCUT2D eigenvalue weighted by Gasteiger charge is 2.40. The number of hydrogen-bond acceptors (Lipinski definition) is 7. The first-order valence-electron chi connectivity index (χ1n) is 11.6. The van der Waals surface area contributed by atoms with Crippen molar-refractivity contribution in [2.45, 2.75) is 45.1 Å². The van der Waals surface area contributed by atoms with E-state index < -0.39 is 4.92 Å². The van der Waals surface area contributed by atoms with Crippen molar-refractivity contribution in [2.24, 2.45) is 4.99 Å². The molecule has 2 aromatic carbocycles. The molecule has 7 nitrogen and oxygen atoms in total. The number of nitro groups is 1. The number of nitro benzene ring substituents is 1. The summed E-state index contributed by atoms with van der Waals surface area (Å²) in [6.07, 6.45) is 5.31. The Morgan fingerprint density at radius 2 is 1.80 bits per heavy atom. The van der Waals surface area contributed by atoms with Crippen LogP contribution in [0.15, 0.2) is 69.9 Å². The summed E-state index contributed by atoms with van der Waals surface area (Å²) in [6.45, 7) is 1.89. The summed E-state index contributed by atoms with van der Waals surface area (Å²) in [5, 5.41) is 14.3. The van der Waals surface area contributed by atoms with Crippen LogP contribution < -0.4 is 0 Å². The highest BCUT2D eigenvalue weighted by molar-refractivity contribution is 8.18. The van der Waals surface area contributed by atoms with E-state index in [-0.39, 0.29) is 17.6 Å². The number of thiazole rings is 1. The van der Waals surface area contributed by atoms with E-state index in [0.717, 1.165) is 48.1 Å². The second-order valence-electron chi connectivity index (χ2n) is 8.60. The van der Waals surface area contributed by atoms with Crippen LogP contribution in [0.1, 0.15) is 44.6 Å². The molecule has 1 saturated carbocycles. The summed E-state index contributed by atoms with van der Waals surface area (Å²) in [5.74, 6) is -0.0451. The molecule has 1 aliphatic heterocycles. The normalized spacial score (nSPS) is 19.4. The molecule has 1 saturated heterocycles. The highest BCUT2D eigenvalue weighted by Crippen LogP contribution is 2.41. The second kappa shape index (κ2) is 10.1. The number of rotatable bonds is 5. The van der Waals surface area contributed by atoms with Crippen molar-refractivity contribution in [1.29, 1.82) is 0 Å². The Bertz CT molecular complexity index is 1310. The molecule has 0 spiro atoms. The van der Waals surface area contributed by atoms with Crippen LogP contribution in [0.25, 0.3) is 16.8 Å². The summed E-state index contributed by atoms with van der Waals surface area (Å²) in [4.78, 5) is 36.3. The zero-order valence-electron chi connectivity index (χ0n) is 19.2. The van der Waals surface area contributed by atoms with Crippen LogP contribution in [-0.2, 0) is 4.79 Å². The number of nitrogens with zero attached hydrogens (tertiary/aromatic N) is 4. The average Bonchev–Trinajstić information content (AvgIpc) is 3.49. The molecule has 0 atom stereocenters. The third-order valence-corrected chi connectivity index (χ3v) is 8.25. The fraction of sp³-hybridized carbons (Fsp3) is 0.269. The molecule has 1 aromatic heterocycles. The number of non-ortho nitro benzene ring substituents is 1. The zero-order valence-corrected chi connectivity index (χ0v) is 20.8. The predicted octanol–water partition coefficient (Wildman–Crippen LogP) is 7.05. The first-order chi connectivity index (χ1) is 17.0. The van der Waals surface area contributed by atoms with Gasteiger partial charge in [0.25, 0.3) is 11.6 Å². The van der Waals surface area contributed by atoms with E-state index >= 15 is 0 Å². The topological polar surface area (TPSA) is 88.7 Å². The Labute approximate surface area is 211 Å². The number of aliphatic imine (C=N–C) groups is 1. The van der Waals surface area contributed by atoms with Gasteiger partial charge in [-0.15, -0.1) is 11.3 Å². The first kappa shape index (κ1) is 23.4. The molecule has 0 N–H and O–H groups in total. The van der Waals surface area contributed by atoms with Gasteiger partial charge >= 0.3 is 0 Å². The van der Waals surface area contributed by atoms with Gasteiger partial charge in [0.15, 0.2) is 5.17 Å². The molecular formula is C26H24N4O3S2. The molecule has 2 heterocycles. The molecule has 1 amide bonds. The summed E-state index contributed by atoms with van der Waals surface area (Å²) in [6, 6.07) is 16.4. The van der Waals surface area contributed by atoms with Crippen LogP contribution in [0.3, 0.4) is 0 Å². The van der Waals surface area contributed by atoms with Crippen LogP contribution in [0.4, 0.5) is 10.8 Å². The predicted molar refractivity (Wildman–Crippen MR) is 142 cm³/mol. The Hall–Kier alpha value is -3.30. The van der Waals surface area contributed by atoms with Crippen molar-refractivity contribution in [3.63, 3.8) is 0 Å². The number of aromatic nitrogens is 1. The lowest BCUT2D eigenvalue weighted by Gasteiger charge is -2.30. The number of thioether (sulfide) groups is 1. The van der Waals surface area contributed by atoms with Crippen molar-refractivity contribution in [2.75, 3.05) is 0 Å². The number of amidine groups is 1. The lowest BCUT2D eigenvalue weighted by molar-refractivity contribution is -0.384. The molecule has 5 rings (SSSR count). The lowest BCUT2D eigenvalue weighted by atomic mass is 9.94. The molecule has 3 aromatic rings. The molecule has 35 heavy (non-hydrogen) atoms. The van der Waals surface area contributed by atoms with Gasteiger partial charge in [-0.2, -0.15) is 4.99 Å². The molecule has 9 heteroatoms. The van der Waals surface area contributed by atoms with E-state index in [4.69, 9.17) is 9.98 Å². The van der Waals surface area contributed by atoms with E-state index in [0.29, 0.717) is 15.2 Å². The van der Waals surface area contributed by atoms with Crippen molar-refractivity contribution in [3.05, 3.63) is 80.6 Å². The van der Waals surface area contributed by atoms with Crippen molar-refractivity contribution in [1.82, 2.24) is 9.88 Å². The number of amides is 1. The Balaban J connectivity index is 1.50. The van der Waals surface area contributed by atoms with Crippen molar-refractivity contribution in [3.8, 4) is 11.3 Å². The maximum Gasteiger partial charge on any atom is 0.269 e. The molecule has 0 unspecified atom stereocenters. The number of allylic oxidation sites excluding steroid dienone is 1. The van der Waals surface area contributed by atoms with Gasteiger partial charge in [0, 0.05) is 29.1 Å². The van der Waals surface area contributed by atoms with Crippen LogP contribution in [0.2, 0.25) is 0 Å². The standard InChI is InChI=1S/C26H24N4O3S2/c1-17(18-12-14-21(15-13-18)30(32)33)23-24(31)29(20-10-6-3-7-11-20)26(35-23)28-25-27-22(16-34-25)19-8-4-2-5-9-19/h2,4-5,8-9,12-16,20H,3,6-7,10-11H2,1H3/b23-17-,28-26+. The van der Waals surface area contributed by atoms with Gasteiger partial charge in [0.05, 0.1) is 15.5 Å². The fourth-order valence-electron chi connectivity index (χ4n) is 4.46. The zero-order chi connectivity index (χ0) is 24.4. The fourth-order valence-corrected chi connectivity index (χ4v) is 6.31. The van der Waals surface area contributed by atoms with E-state index in [9.17, 15) is 14.9 Å². The quantitative estimate of drug-likeness (QED) is 0.211. The van der Waals surface area contributed by atoms with Gasteiger partial charge in [-0.1, -0.05) is 49.6 Å². The van der Waals surface area contributed by atoms with Gasteiger partial charge < -0.3 is 0 Å². The maximum atomic E-state index is 13.7. The summed E-state index contributed by atoms with van der Waals surface area (Å²) >= 11 is 2.83. The van der Waals surface area contributed by atoms with Crippen molar-refractivity contribution >= 4 is 50.6 Å². The van der Waals surface area contributed by atoms with Gasteiger partial charge in [0.1, 0.15) is 0 Å². The van der Waals surface area contributed by atoms with Crippen molar-refractivity contribution < 1.29 is 9.72 Å². The van der Waals surface area contributed by atoms with Crippen LogP contribution in [0.5, 0.6) is 0 Å². The van der Waals surface area contributed by atoms with Gasteiger partial charge in [-0.25, -0.2) is 4.98 Å². The highest BCUT2D eigenvalue weighted by atomic mass is 32.2. The summed E-state index contributed by atoms with van der Waals surface area (Å²) < 4.78 is 0. The molecule has 2 aliphatic rings. The van der Waals surface area contributed by atoms with E-state index in [2.05, 4.69) is 0 Å². The molecular weight excluding hydrogens is 480 g/mol. The van der Waals surface area contributed by atoms with Gasteiger partial charge in [-0.05, 0) is 54.8 Å². The third-order valence-electron chi connectivity index (χ3n) is 6.36. The summed E-state index contributed by atoms with van der Waals surface area (Å²) in [5.41, 5.74) is 3.51. The van der Waals surface area contributed by atoms with E-state index in [1.807, 2.05) is 47.5 Å². The molecule has 178 valence electrons. The van der Waals surface area contributed by atoms with E-state index in [1.165, 1.54) is 41.7 Å². The van der Waals surface area contributed by atoms with Crippen LogP contribution in [-0.4, -0.2) is 31.9 Å². The number of hydrogen-bond donors (Lipinski definition) is 0. The average molecular weight is 505 g/mol.